The summed E-state index contributed by atoms with van der Waals surface area (Å²) in [6, 6.07) is 0. The second-order valence-electron chi connectivity index (χ2n) is 4.41. The summed E-state index contributed by atoms with van der Waals surface area (Å²) in [4.78, 5) is 10.8. The number of hydrogen-bond donors (Lipinski definition) is 1. The Balaban J connectivity index is 0.00000172. The highest BCUT2D eigenvalue weighted by molar-refractivity contribution is 5.73. The zero-order valence-electron chi connectivity index (χ0n) is 13.1. The van der Waals surface area contributed by atoms with Crippen molar-refractivity contribution in [3.8, 4) is 0 Å². The molecule has 1 aliphatic heterocycles. The Labute approximate surface area is 123 Å². The molecule has 0 spiro atoms. The van der Waals surface area contributed by atoms with Gasteiger partial charge in [-0.1, -0.05) is 26.8 Å². The normalized spacial score (nSPS) is 17.9. The summed E-state index contributed by atoms with van der Waals surface area (Å²) in [7, 11) is 0. The van der Waals surface area contributed by atoms with E-state index >= 15 is 0 Å². The maximum Gasteiger partial charge on any atom is 0.168 e. The third kappa shape index (κ3) is 6.87. The van der Waals surface area contributed by atoms with Gasteiger partial charge in [-0.05, 0) is 43.5 Å². The molecule has 0 unspecified atom stereocenters. The van der Waals surface area contributed by atoms with Crippen molar-refractivity contribution in [2.75, 3.05) is 13.2 Å². The predicted molar refractivity (Wildman–Crippen MR) is 82.2 cm³/mol. The molecule has 0 aromatic carbocycles. The van der Waals surface area contributed by atoms with Crippen molar-refractivity contribution in [2.45, 2.75) is 58.7 Å². The van der Waals surface area contributed by atoms with Crippen LogP contribution in [0.25, 0.3) is 0 Å². The molecule has 0 aromatic heterocycles. The summed E-state index contributed by atoms with van der Waals surface area (Å²) in [5.74, 6) is -0.373. The molecule has 1 rings (SSSR count). The van der Waals surface area contributed by atoms with Crippen molar-refractivity contribution < 1.29 is 14.3 Å². The number of carbonyl (C=O) groups is 1. The molecule has 1 heterocycles. The lowest BCUT2D eigenvalue weighted by Gasteiger charge is -2.25. The summed E-state index contributed by atoms with van der Waals surface area (Å²) in [5.41, 5.74) is 6.00. The van der Waals surface area contributed by atoms with Gasteiger partial charge in [0.05, 0.1) is 13.2 Å². The first-order chi connectivity index (χ1) is 9.76. The van der Waals surface area contributed by atoms with Gasteiger partial charge in [-0.3, -0.25) is 4.79 Å². The summed E-state index contributed by atoms with van der Waals surface area (Å²) >= 11 is 0. The average Bonchev–Trinajstić information content (AvgIpc) is 2.98. The largest absolute Gasteiger partial charge is 0.405 e. The number of carbonyl (C=O) groups excluding carboxylic acids is 1. The first-order valence-electron chi connectivity index (χ1n) is 7.57. The maximum absolute atomic E-state index is 10.8. The summed E-state index contributed by atoms with van der Waals surface area (Å²) in [6.07, 6.45) is 10.2. The second-order valence-corrected chi connectivity index (χ2v) is 4.41. The minimum Gasteiger partial charge on any atom is -0.405 e. The van der Waals surface area contributed by atoms with Gasteiger partial charge in [0.25, 0.3) is 0 Å². The number of hydrogen-bond acceptors (Lipinski definition) is 4. The smallest absolute Gasteiger partial charge is 0.168 e. The Kier molecular flexibility index (Phi) is 11.0. The van der Waals surface area contributed by atoms with Crippen LogP contribution in [0.3, 0.4) is 0 Å². The van der Waals surface area contributed by atoms with Crippen molar-refractivity contribution in [1.29, 1.82) is 0 Å². The molecule has 4 nitrogen and oxygen atoms in total. The van der Waals surface area contributed by atoms with Crippen LogP contribution in [0, 0.1) is 0 Å². The number of rotatable bonds is 8. The quantitative estimate of drug-likeness (QED) is 0.321. The maximum atomic E-state index is 10.8. The van der Waals surface area contributed by atoms with Crippen LogP contribution >= 0.6 is 0 Å². The first-order valence-corrected chi connectivity index (χ1v) is 7.57. The summed E-state index contributed by atoms with van der Waals surface area (Å²) in [6.45, 7) is 7.46. The van der Waals surface area contributed by atoms with E-state index in [2.05, 4.69) is 6.92 Å². The number of aldehydes is 1. The molecule has 2 N–H and O–H groups in total. The first kappa shape index (κ1) is 18.9. The molecular formula is C16H29NO3. The highest BCUT2D eigenvalue weighted by Crippen LogP contribution is 2.29. The average molecular weight is 283 g/mol. The molecule has 0 aliphatic carbocycles. The van der Waals surface area contributed by atoms with E-state index < -0.39 is 0 Å². The van der Waals surface area contributed by atoms with Crippen LogP contribution in [0.2, 0.25) is 0 Å². The van der Waals surface area contributed by atoms with Gasteiger partial charge >= 0.3 is 0 Å². The molecule has 116 valence electrons. The van der Waals surface area contributed by atoms with Gasteiger partial charge in [-0.2, -0.15) is 0 Å². The van der Waals surface area contributed by atoms with Gasteiger partial charge in [-0.25, -0.2) is 0 Å². The van der Waals surface area contributed by atoms with Crippen molar-refractivity contribution in [3.05, 3.63) is 23.9 Å². The van der Waals surface area contributed by atoms with Crippen LogP contribution < -0.4 is 5.73 Å². The lowest BCUT2D eigenvalue weighted by molar-refractivity contribution is -0.164. The van der Waals surface area contributed by atoms with E-state index in [1.807, 2.05) is 13.8 Å². The number of nitrogens with two attached hydrogens (primary N) is 1. The highest BCUT2D eigenvalue weighted by atomic mass is 16.7. The van der Waals surface area contributed by atoms with Crippen LogP contribution in [-0.2, 0) is 14.3 Å². The standard InChI is InChI=1S/C14H23NO3.C2H6/c1-2-14(17-10-11-18-14)8-4-3-6-13(12-16)7-5-9-15;1-2/h5,7,9,12H,2-4,6,8,10-11,15H2,1H3;1-2H3/b9-5+,13-7+;. The Morgan fingerprint density at radius 1 is 1.25 bits per heavy atom. The third-order valence-electron chi connectivity index (χ3n) is 3.20. The van der Waals surface area contributed by atoms with Crippen LogP contribution in [0.15, 0.2) is 23.9 Å². The lowest BCUT2D eigenvalue weighted by atomic mass is 10.0. The Morgan fingerprint density at radius 3 is 2.40 bits per heavy atom. The van der Waals surface area contributed by atoms with E-state index in [1.165, 1.54) is 6.20 Å². The molecule has 0 radical (unpaired) electrons. The van der Waals surface area contributed by atoms with E-state index in [-0.39, 0.29) is 5.79 Å². The number of unbranched alkanes of at least 4 members (excludes halogenated alkanes) is 1. The molecule has 0 saturated carbocycles. The van der Waals surface area contributed by atoms with E-state index in [1.54, 1.807) is 12.2 Å². The van der Waals surface area contributed by atoms with E-state index in [9.17, 15) is 4.79 Å². The summed E-state index contributed by atoms with van der Waals surface area (Å²) in [5, 5.41) is 0. The van der Waals surface area contributed by atoms with Gasteiger partial charge in [0.1, 0.15) is 6.29 Å². The van der Waals surface area contributed by atoms with E-state index in [0.717, 1.165) is 44.0 Å². The monoisotopic (exact) mass is 283 g/mol. The third-order valence-corrected chi connectivity index (χ3v) is 3.20. The van der Waals surface area contributed by atoms with Gasteiger partial charge in [0.15, 0.2) is 5.79 Å². The Hall–Kier alpha value is -1.13. The molecule has 1 fully saturated rings. The molecule has 4 heteroatoms. The number of allylic oxidation sites excluding steroid dienone is 3. The molecule has 0 aromatic rings. The van der Waals surface area contributed by atoms with Gasteiger partial charge < -0.3 is 15.2 Å². The topological polar surface area (TPSA) is 61.6 Å². The lowest BCUT2D eigenvalue weighted by Crippen LogP contribution is -2.28. The van der Waals surface area contributed by atoms with Crippen molar-refractivity contribution in [1.82, 2.24) is 0 Å². The number of ether oxygens (including phenoxy) is 2. The van der Waals surface area contributed by atoms with Crippen molar-refractivity contribution >= 4 is 6.29 Å². The van der Waals surface area contributed by atoms with Gasteiger partial charge in [0.2, 0.25) is 0 Å². The zero-order chi connectivity index (χ0) is 15.3. The second kappa shape index (κ2) is 11.7. The fourth-order valence-electron chi connectivity index (χ4n) is 2.11. The SMILES string of the molecule is CC.CCC1(CCCC/C(C=O)=C\C=C\N)OCCO1. The van der Waals surface area contributed by atoms with Gasteiger partial charge in [-0.15, -0.1) is 0 Å². The van der Waals surface area contributed by atoms with Gasteiger partial charge in [0, 0.05) is 6.42 Å². The molecule has 0 atom stereocenters. The highest BCUT2D eigenvalue weighted by Gasteiger charge is 2.33. The van der Waals surface area contributed by atoms with Crippen LogP contribution in [0.1, 0.15) is 52.9 Å². The molecule has 1 aliphatic rings. The fraction of sp³-hybridized carbons (Fsp3) is 0.688. The molecule has 0 bridgehead atoms. The zero-order valence-corrected chi connectivity index (χ0v) is 13.1. The fourth-order valence-corrected chi connectivity index (χ4v) is 2.11. The van der Waals surface area contributed by atoms with Crippen molar-refractivity contribution in [3.63, 3.8) is 0 Å². The molecule has 20 heavy (non-hydrogen) atoms. The molecular weight excluding hydrogens is 254 g/mol. The minimum atomic E-state index is -0.373. The minimum absolute atomic E-state index is 0.373. The Bertz CT molecular complexity index is 305. The van der Waals surface area contributed by atoms with Crippen molar-refractivity contribution in [2.24, 2.45) is 5.73 Å². The van der Waals surface area contributed by atoms with Crippen LogP contribution in [0.5, 0.6) is 0 Å². The van der Waals surface area contributed by atoms with Crippen LogP contribution in [0.4, 0.5) is 0 Å². The van der Waals surface area contributed by atoms with E-state index in [0.29, 0.717) is 13.2 Å². The Morgan fingerprint density at radius 2 is 1.90 bits per heavy atom. The molecule has 1 saturated heterocycles. The van der Waals surface area contributed by atoms with Crippen LogP contribution in [-0.4, -0.2) is 25.3 Å². The molecule has 0 amide bonds. The summed E-state index contributed by atoms with van der Waals surface area (Å²) < 4.78 is 11.3. The predicted octanol–water partition coefficient (Wildman–Crippen LogP) is 3.32. The van der Waals surface area contributed by atoms with E-state index in [4.69, 9.17) is 15.2 Å².